The summed E-state index contributed by atoms with van der Waals surface area (Å²) in [5.74, 6) is 0.00472. The number of anilines is 1. The summed E-state index contributed by atoms with van der Waals surface area (Å²) in [5.41, 5.74) is 6.06. The van der Waals surface area contributed by atoms with Gasteiger partial charge in [0.1, 0.15) is 0 Å². The van der Waals surface area contributed by atoms with Crippen molar-refractivity contribution in [2.45, 2.75) is 13.0 Å². The first kappa shape index (κ1) is 10.1. The van der Waals surface area contributed by atoms with E-state index in [-0.39, 0.29) is 22.7 Å². The maximum Gasteiger partial charge on any atom is 0.501 e. The van der Waals surface area contributed by atoms with Gasteiger partial charge in [0.05, 0.1) is 11.7 Å². The van der Waals surface area contributed by atoms with Crippen molar-refractivity contribution in [3.63, 3.8) is 0 Å². The predicted molar refractivity (Wildman–Crippen MR) is 51.7 cm³/mol. The molecule has 2 rings (SSSR count). The van der Waals surface area contributed by atoms with Crippen LogP contribution in [0.2, 0.25) is 0 Å². The Morgan fingerprint density at radius 3 is 2.67 bits per heavy atom. The number of nitrogens with two attached hydrogens (primary N) is 1. The van der Waals surface area contributed by atoms with E-state index in [2.05, 4.69) is 8.37 Å². The molecule has 0 aliphatic carbocycles. The maximum absolute atomic E-state index is 11.0. The molecule has 6 nitrogen and oxygen atoms in total. The van der Waals surface area contributed by atoms with Gasteiger partial charge in [-0.1, -0.05) is 0 Å². The van der Waals surface area contributed by atoms with E-state index in [1.54, 1.807) is 0 Å². The molecule has 15 heavy (non-hydrogen) atoms. The Morgan fingerprint density at radius 1 is 1.40 bits per heavy atom. The Hall–Kier alpha value is -1.47. The van der Waals surface area contributed by atoms with Gasteiger partial charge in [-0.3, -0.25) is 0 Å². The molecule has 0 fully saturated rings. The monoisotopic (exact) mass is 231 g/mol. The lowest BCUT2D eigenvalue weighted by Gasteiger charge is -2.09. The van der Waals surface area contributed by atoms with Gasteiger partial charge in [0.15, 0.2) is 11.5 Å². The van der Waals surface area contributed by atoms with Crippen molar-refractivity contribution >= 4 is 16.1 Å². The van der Waals surface area contributed by atoms with E-state index in [0.717, 1.165) is 0 Å². The molecule has 1 heterocycles. The number of nitrogen functional groups attached to an aromatic ring is 1. The first-order chi connectivity index (χ1) is 6.91. The molecular weight excluding hydrogens is 222 g/mol. The maximum atomic E-state index is 11.0. The molecule has 1 atom stereocenters. The highest BCUT2D eigenvalue weighted by Gasteiger charge is 2.33. The van der Waals surface area contributed by atoms with Crippen LogP contribution in [0.15, 0.2) is 12.1 Å². The lowest BCUT2D eigenvalue weighted by molar-refractivity contribution is 0.198. The average molecular weight is 231 g/mol. The molecule has 1 unspecified atom stereocenters. The van der Waals surface area contributed by atoms with Crippen molar-refractivity contribution in [3.05, 3.63) is 17.7 Å². The second kappa shape index (κ2) is 3.01. The Kier molecular flexibility index (Phi) is 2.02. The summed E-state index contributed by atoms with van der Waals surface area (Å²) in [5, 5.41) is 9.43. The summed E-state index contributed by atoms with van der Waals surface area (Å²) >= 11 is 0. The van der Waals surface area contributed by atoms with Crippen LogP contribution in [0, 0.1) is 0 Å². The van der Waals surface area contributed by atoms with Crippen molar-refractivity contribution in [2.75, 3.05) is 5.73 Å². The number of aliphatic hydroxyl groups is 1. The van der Waals surface area contributed by atoms with E-state index < -0.39 is 16.5 Å². The molecule has 7 heteroatoms. The smallest absolute Gasteiger partial charge is 0.398 e. The molecular formula is C8H9NO5S. The zero-order chi connectivity index (χ0) is 11.2. The minimum atomic E-state index is -4.04. The van der Waals surface area contributed by atoms with Gasteiger partial charge in [-0.15, -0.1) is 8.42 Å². The summed E-state index contributed by atoms with van der Waals surface area (Å²) in [6.45, 7) is 1.46. The van der Waals surface area contributed by atoms with Crippen LogP contribution in [0.3, 0.4) is 0 Å². The average Bonchev–Trinajstić information content (AvgIpc) is 2.37. The molecule has 0 aromatic heterocycles. The highest BCUT2D eigenvalue weighted by Crippen LogP contribution is 2.43. The Bertz CT molecular complexity index is 508. The standard InChI is InChI=1S/C8H9NO5S/c1-4(10)7-5(9)2-3-6-8(7)14-15(11,12)13-6/h2-4,10H,9H2,1H3. The van der Waals surface area contributed by atoms with Gasteiger partial charge in [-0.25, -0.2) is 0 Å². The summed E-state index contributed by atoms with van der Waals surface area (Å²) in [4.78, 5) is 0. The zero-order valence-corrected chi connectivity index (χ0v) is 8.61. The van der Waals surface area contributed by atoms with Crippen LogP contribution in [0.4, 0.5) is 5.69 Å². The van der Waals surface area contributed by atoms with Gasteiger partial charge >= 0.3 is 10.4 Å². The number of rotatable bonds is 1. The Balaban J connectivity index is 2.65. The van der Waals surface area contributed by atoms with Gasteiger partial charge in [0.25, 0.3) is 0 Å². The van der Waals surface area contributed by atoms with Crippen molar-refractivity contribution in [2.24, 2.45) is 0 Å². The second-order valence-corrected chi connectivity index (χ2v) is 4.30. The SMILES string of the molecule is CC(O)c1c(N)ccc2c1OS(=O)(=O)O2. The summed E-state index contributed by atoms with van der Waals surface area (Å²) in [6, 6.07) is 2.83. The third-order valence-corrected chi connectivity index (χ3v) is 2.74. The molecule has 3 N–H and O–H groups in total. The number of aliphatic hydroxyl groups excluding tert-OH is 1. The summed E-state index contributed by atoms with van der Waals surface area (Å²) in [7, 11) is -4.04. The van der Waals surface area contributed by atoms with E-state index in [0.29, 0.717) is 0 Å². The number of hydrogen-bond acceptors (Lipinski definition) is 6. The van der Waals surface area contributed by atoms with Crippen LogP contribution in [0.5, 0.6) is 11.5 Å². The fraction of sp³-hybridized carbons (Fsp3) is 0.250. The van der Waals surface area contributed by atoms with Crippen LogP contribution in [0.1, 0.15) is 18.6 Å². The summed E-state index contributed by atoms with van der Waals surface area (Å²) in [6.07, 6.45) is -0.933. The lowest BCUT2D eigenvalue weighted by atomic mass is 10.1. The van der Waals surface area contributed by atoms with Gasteiger partial charge in [-0.05, 0) is 19.1 Å². The van der Waals surface area contributed by atoms with Crippen LogP contribution in [-0.4, -0.2) is 13.5 Å². The van der Waals surface area contributed by atoms with E-state index >= 15 is 0 Å². The van der Waals surface area contributed by atoms with E-state index in [1.165, 1.54) is 19.1 Å². The van der Waals surface area contributed by atoms with Crippen molar-refractivity contribution < 1.29 is 21.9 Å². The first-order valence-corrected chi connectivity index (χ1v) is 5.48. The van der Waals surface area contributed by atoms with Crippen molar-refractivity contribution in [3.8, 4) is 11.5 Å². The molecule has 0 saturated heterocycles. The Labute approximate surface area is 86.6 Å². The van der Waals surface area contributed by atoms with Gasteiger partial charge in [0.2, 0.25) is 0 Å². The topological polar surface area (TPSA) is 98.9 Å². The van der Waals surface area contributed by atoms with Crippen LogP contribution in [0.25, 0.3) is 0 Å². The highest BCUT2D eigenvalue weighted by atomic mass is 32.3. The predicted octanol–water partition coefficient (Wildman–Crippen LogP) is 0.338. The quantitative estimate of drug-likeness (QED) is 0.676. The van der Waals surface area contributed by atoms with Crippen LogP contribution in [-0.2, 0) is 10.4 Å². The minimum Gasteiger partial charge on any atom is -0.398 e. The molecule has 0 spiro atoms. The summed E-state index contributed by atoms with van der Waals surface area (Å²) < 4.78 is 31.1. The van der Waals surface area contributed by atoms with E-state index in [4.69, 9.17) is 5.73 Å². The molecule has 0 radical (unpaired) electrons. The molecule has 1 aliphatic rings. The van der Waals surface area contributed by atoms with E-state index in [1.807, 2.05) is 0 Å². The number of hydrogen-bond donors (Lipinski definition) is 2. The molecule has 0 bridgehead atoms. The zero-order valence-electron chi connectivity index (χ0n) is 7.80. The second-order valence-electron chi connectivity index (χ2n) is 3.15. The fourth-order valence-corrected chi connectivity index (χ4v) is 2.17. The van der Waals surface area contributed by atoms with Crippen LogP contribution >= 0.6 is 0 Å². The molecule has 1 aliphatic heterocycles. The first-order valence-electron chi connectivity index (χ1n) is 4.15. The van der Waals surface area contributed by atoms with Gasteiger partial charge in [-0.2, -0.15) is 0 Å². The van der Waals surface area contributed by atoms with E-state index in [9.17, 15) is 13.5 Å². The van der Waals surface area contributed by atoms with Gasteiger partial charge in [0, 0.05) is 5.69 Å². The Morgan fingerprint density at radius 2 is 2.07 bits per heavy atom. The van der Waals surface area contributed by atoms with Crippen molar-refractivity contribution in [1.29, 1.82) is 0 Å². The number of benzene rings is 1. The van der Waals surface area contributed by atoms with Crippen molar-refractivity contribution in [1.82, 2.24) is 0 Å². The normalized spacial score (nSPS) is 18.8. The third kappa shape index (κ3) is 1.59. The minimum absolute atomic E-state index is 0.0370. The highest BCUT2D eigenvalue weighted by molar-refractivity contribution is 7.82. The molecule has 1 aromatic carbocycles. The fourth-order valence-electron chi connectivity index (χ4n) is 1.41. The molecule has 82 valence electrons. The third-order valence-electron chi connectivity index (χ3n) is 1.99. The largest absolute Gasteiger partial charge is 0.501 e. The molecule has 0 amide bonds. The van der Waals surface area contributed by atoms with Crippen LogP contribution < -0.4 is 14.1 Å². The van der Waals surface area contributed by atoms with Gasteiger partial charge < -0.3 is 19.2 Å². The lowest BCUT2D eigenvalue weighted by Crippen LogP contribution is -2.09. The molecule has 1 aromatic rings. The molecule has 0 saturated carbocycles. The number of fused-ring (bicyclic) bond motifs is 1.